The highest BCUT2D eigenvalue weighted by Crippen LogP contribution is 2.23. The van der Waals surface area contributed by atoms with Crippen LogP contribution in [0.2, 0.25) is 0 Å². The molecule has 0 radical (unpaired) electrons. The zero-order valence-electron chi connectivity index (χ0n) is 13.8. The number of unbranched alkanes of at least 4 members (excludes halogenated alkanes) is 2. The first-order valence-electron chi connectivity index (χ1n) is 8.34. The van der Waals surface area contributed by atoms with Crippen LogP contribution in [-0.4, -0.2) is 12.3 Å². The molecule has 1 atom stereocenters. The van der Waals surface area contributed by atoms with Crippen LogP contribution in [0, 0.1) is 12.7 Å². The first-order valence-corrected chi connectivity index (χ1v) is 9.32. The maximum absolute atomic E-state index is 13.0. The highest BCUT2D eigenvalue weighted by Gasteiger charge is 2.09. The minimum absolute atomic E-state index is 0.183. The van der Waals surface area contributed by atoms with Gasteiger partial charge in [-0.15, -0.1) is 11.8 Å². The minimum atomic E-state index is -0.183. The number of halogens is 1. The number of nitrogens with two attached hydrogens (primary N) is 1. The van der Waals surface area contributed by atoms with Gasteiger partial charge in [0.2, 0.25) is 0 Å². The first kappa shape index (κ1) is 18.0. The lowest BCUT2D eigenvalue weighted by molar-refractivity contribution is 0.571. The molecule has 0 spiro atoms. The molecule has 0 aliphatic rings. The lowest BCUT2D eigenvalue weighted by atomic mass is 9.93. The molecule has 0 bridgehead atoms. The second-order valence-corrected chi connectivity index (χ2v) is 7.16. The number of hydrogen-bond acceptors (Lipinski definition) is 2. The van der Waals surface area contributed by atoms with E-state index in [0.717, 1.165) is 17.7 Å². The van der Waals surface area contributed by atoms with E-state index in [2.05, 4.69) is 31.2 Å². The van der Waals surface area contributed by atoms with Crippen molar-refractivity contribution in [3.8, 4) is 0 Å². The third-order valence-corrected chi connectivity index (χ3v) is 5.21. The lowest BCUT2D eigenvalue weighted by Crippen LogP contribution is -2.12. The van der Waals surface area contributed by atoms with E-state index in [1.165, 1.54) is 41.9 Å². The van der Waals surface area contributed by atoms with Crippen LogP contribution in [0.15, 0.2) is 53.4 Å². The standard InChI is InChI=1S/C20H26FNS/c1-16-6-12-20(13-7-16)23-14-4-2-3-5-18(15-22)17-8-10-19(21)11-9-17/h6-13,18H,2-5,14-15,22H2,1H3. The fourth-order valence-electron chi connectivity index (χ4n) is 2.65. The zero-order chi connectivity index (χ0) is 16.5. The van der Waals surface area contributed by atoms with Crippen molar-refractivity contribution in [1.29, 1.82) is 0 Å². The maximum Gasteiger partial charge on any atom is 0.123 e. The third-order valence-electron chi connectivity index (χ3n) is 4.11. The third kappa shape index (κ3) is 6.36. The van der Waals surface area contributed by atoms with Gasteiger partial charge in [0.25, 0.3) is 0 Å². The molecule has 0 saturated carbocycles. The van der Waals surface area contributed by atoms with Crippen molar-refractivity contribution in [2.24, 2.45) is 5.73 Å². The molecule has 2 aromatic rings. The Kier molecular flexibility index (Phi) is 7.63. The van der Waals surface area contributed by atoms with Gasteiger partial charge >= 0.3 is 0 Å². The van der Waals surface area contributed by atoms with Crippen molar-refractivity contribution < 1.29 is 4.39 Å². The average molecular weight is 332 g/mol. The van der Waals surface area contributed by atoms with Crippen molar-refractivity contribution in [2.75, 3.05) is 12.3 Å². The summed E-state index contributed by atoms with van der Waals surface area (Å²) >= 11 is 1.93. The average Bonchev–Trinajstić information content (AvgIpc) is 2.57. The monoisotopic (exact) mass is 331 g/mol. The summed E-state index contributed by atoms with van der Waals surface area (Å²) in [5.41, 5.74) is 8.34. The number of benzene rings is 2. The molecule has 0 amide bonds. The highest BCUT2D eigenvalue weighted by atomic mass is 32.2. The predicted molar refractivity (Wildman–Crippen MR) is 98.6 cm³/mol. The lowest BCUT2D eigenvalue weighted by Gasteiger charge is -2.15. The SMILES string of the molecule is Cc1ccc(SCCCCCC(CN)c2ccc(F)cc2)cc1. The Labute approximate surface area is 143 Å². The van der Waals surface area contributed by atoms with Gasteiger partial charge < -0.3 is 5.73 Å². The molecule has 1 nitrogen and oxygen atoms in total. The van der Waals surface area contributed by atoms with Crippen molar-refractivity contribution in [3.05, 3.63) is 65.5 Å². The quantitative estimate of drug-likeness (QED) is 0.483. The van der Waals surface area contributed by atoms with Gasteiger partial charge in [-0.2, -0.15) is 0 Å². The number of thioether (sulfide) groups is 1. The van der Waals surface area contributed by atoms with Gasteiger partial charge in [0, 0.05) is 4.90 Å². The van der Waals surface area contributed by atoms with E-state index in [0.29, 0.717) is 12.5 Å². The van der Waals surface area contributed by atoms with Gasteiger partial charge in [-0.3, -0.25) is 0 Å². The largest absolute Gasteiger partial charge is 0.330 e. The van der Waals surface area contributed by atoms with E-state index >= 15 is 0 Å². The molecule has 3 heteroatoms. The van der Waals surface area contributed by atoms with E-state index in [1.54, 1.807) is 0 Å². The number of hydrogen-bond donors (Lipinski definition) is 1. The topological polar surface area (TPSA) is 26.0 Å². The molecule has 0 aliphatic carbocycles. The smallest absolute Gasteiger partial charge is 0.123 e. The Morgan fingerprint density at radius 2 is 1.65 bits per heavy atom. The summed E-state index contributed by atoms with van der Waals surface area (Å²) in [6.45, 7) is 2.74. The predicted octanol–water partition coefficient (Wildman–Crippen LogP) is 5.53. The first-order chi connectivity index (χ1) is 11.2. The molecule has 0 heterocycles. The van der Waals surface area contributed by atoms with Crippen LogP contribution in [0.4, 0.5) is 4.39 Å². The second kappa shape index (κ2) is 9.74. The van der Waals surface area contributed by atoms with Gasteiger partial charge in [-0.1, -0.05) is 42.7 Å². The van der Waals surface area contributed by atoms with E-state index in [4.69, 9.17) is 5.73 Å². The molecule has 124 valence electrons. The highest BCUT2D eigenvalue weighted by molar-refractivity contribution is 7.99. The summed E-state index contributed by atoms with van der Waals surface area (Å²) in [5, 5.41) is 0. The van der Waals surface area contributed by atoms with Crippen LogP contribution < -0.4 is 5.73 Å². The molecule has 0 saturated heterocycles. The molecule has 2 rings (SSSR count). The Bertz CT molecular complexity index is 565. The van der Waals surface area contributed by atoms with Crippen molar-refractivity contribution in [3.63, 3.8) is 0 Å². The Hall–Kier alpha value is -1.32. The normalized spacial score (nSPS) is 12.3. The Morgan fingerprint density at radius 3 is 2.30 bits per heavy atom. The van der Waals surface area contributed by atoms with E-state index in [1.807, 2.05) is 23.9 Å². The van der Waals surface area contributed by atoms with Crippen LogP contribution in [-0.2, 0) is 0 Å². The summed E-state index contributed by atoms with van der Waals surface area (Å²) in [6, 6.07) is 15.5. The molecule has 0 fully saturated rings. The van der Waals surface area contributed by atoms with Crippen molar-refractivity contribution in [1.82, 2.24) is 0 Å². The summed E-state index contributed by atoms with van der Waals surface area (Å²) in [4.78, 5) is 1.35. The Balaban J connectivity index is 1.64. The van der Waals surface area contributed by atoms with Gasteiger partial charge in [0.15, 0.2) is 0 Å². The number of aryl methyl sites for hydroxylation is 1. The molecule has 1 unspecified atom stereocenters. The minimum Gasteiger partial charge on any atom is -0.330 e. The molecule has 0 aliphatic heterocycles. The fourth-order valence-corrected chi connectivity index (χ4v) is 3.56. The van der Waals surface area contributed by atoms with Gasteiger partial charge in [-0.05, 0) is 67.8 Å². The summed E-state index contributed by atoms with van der Waals surface area (Å²) in [7, 11) is 0. The molecule has 23 heavy (non-hydrogen) atoms. The van der Waals surface area contributed by atoms with Gasteiger partial charge in [0.1, 0.15) is 5.82 Å². The maximum atomic E-state index is 13.0. The zero-order valence-corrected chi connectivity index (χ0v) is 14.6. The summed E-state index contributed by atoms with van der Waals surface area (Å²) < 4.78 is 13.0. The van der Waals surface area contributed by atoms with E-state index in [-0.39, 0.29) is 5.82 Å². The molecular formula is C20H26FNS. The van der Waals surface area contributed by atoms with Crippen molar-refractivity contribution in [2.45, 2.75) is 43.4 Å². The summed E-state index contributed by atoms with van der Waals surface area (Å²) in [6.07, 6.45) is 4.70. The van der Waals surface area contributed by atoms with Crippen LogP contribution in [0.3, 0.4) is 0 Å². The van der Waals surface area contributed by atoms with Crippen LogP contribution in [0.1, 0.15) is 42.7 Å². The van der Waals surface area contributed by atoms with Gasteiger partial charge in [0.05, 0.1) is 0 Å². The van der Waals surface area contributed by atoms with E-state index < -0.39 is 0 Å². The molecule has 2 aromatic carbocycles. The van der Waals surface area contributed by atoms with Crippen molar-refractivity contribution >= 4 is 11.8 Å². The van der Waals surface area contributed by atoms with Crippen LogP contribution >= 0.6 is 11.8 Å². The van der Waals surface area contributed by atoms with Crippen LogP contribution in [0.5, 0.6) is 0 Å². The fraction of sp³-hybridized carbons (Fsp3) is 0.400. The Morgan fingerprint density at radius 1 is 0.957 bits per heavy atom. The summed E-state index contributed by atoms with van der Waals surface area (Å²) in [5.74, 6) is 1.32. The second-order valence-electron chi connectivity index (χ2n) is 6.00. The molecular weight excluding hydrogens is 305 g/mol. The van der Waals surface area contributed by atoms with E-state index in [9.17, 15) is 4.39 Å². The number of rotatable bonds is 9. The molecule has 0 aromatic heterocycles. The van der Waals surface area contributed by atoms with Gasteiger partial charge in [-0.25, -0.2) is 4.39 Å². The molecule has 2 N–H and O–H groups in total. The van der Waals surface area contributed by atoms with Crippen LogP contribution in [0.25, 0.3) is 0 Å².